The highest BCUT2D eigenvalue weighted by Crippen LogP contribution is 2.38. The summed E-state index contributed by atoms with van der Waals surface area (Å²) in [5.74, 6) is 0. The average molecular weight is 502 g/mol. The lowest BCUT2D eigenvalue weighted by atomic mass is 9.79. The first-order chi connectivity index (χ1) is 15.7. The van der Waals surface area contributed by atoms with Crippen LogP contribution in [-0.2, 0) is 27.9 Å². The standard InChI is InChI=1S/C23H20F6N2O2S/c1-15(21(30,16-8-4-2-5-9-16)17-10-6-3-7-11-17)31-34(32,33)20-13-18(22(24,25)26)12-19(14-20)23(27,28)29/h2-15,31H,30H2,1H3. The lowest BCUT2D eigenvalue weighted by Crippen LogP contribution is -2.55. The minimum Gasteiger partial charge on any atom is -0.316 e. The van der Waals surface area contributed by atoms with E-state index >= 15 is 0 Å². The molecule has 0 spiro atoms. The summed E-state index contributed by atoms with van der Waals surface area (Å²) < 4.78 is 107. The Labute approximate surface area is 192 Å². The van der Waals surface area contributed by atoms with E-state index in [4.69, 9.17) is 5.73 Å². The van der Waals surface area contributed by atoms with Gasteiger partial charge in [-0.25, -0.2) is 13.1 Å². The van der Waals surface area contributed by atoms with Crippen LogP contribution in [0, 0.1) is 0 Å². The smallest absolute Gasteiger partial charge is 0.316 e. The van der Waals surface area contributed by atoms with Crippen LogP contribution >= 0.6 is 0 Å². The third-order valence-electron chi connectivity index (χ3n) is 5.39. The molecule has 4 nitrogen and oxygen atoms in total. The quantitative estimate of drug-likeness (QED) is 0.450. The van der Waals surface area contributed by atoms with Crippen molar-refractivity contribution in [3.63, 3.8) is 0 Å². The van der Waals surface area contributed by atoms with Gasteiger partial charge in [-0.05, 0) is 36.2 Å². The zero-order valence-electron chi connectivity index (χ0n) is 17.7. The lowest BCUT2D eigenvalue weighted by Gasteiger charge is -2.37. The van der Waals surface area contributed by atoms with Crippen molar-refractivity contribution in [2.75, 3.05) is 0 Å². The predicted molar refractivity (Wildman–Crippen MR) is 114 cm³/mol. The molecule has 3 aromatic carbocycles. The summed E-state index contributed by atoms with van der Waals surface area (Å²) in [5, 5.41) is 0. The highest BCUT2D eigenvalue weighted by Gasteiger charge is 2.41. The summed E-state index contributed by atoms with van der Waals surface area (Å²) in [6.07, 6.45) is -10.4. The van der Waals surface area contributed by atoms with Crippen LogP contribution in [-0.4, -0.2) is 14.5 Å². The molecule has 0 heterocycles. The van der Waals surface area contributed by atoms with Crippen molar-refractivity contribution in [3.8, 4) is 0 Å². The molecule has 1 unspecified atom stereocenters. The van der Waals surface area contributed by atoms with Crippen molar-refractivity contribution in [2.24, 2.45) is 5.73 Å². The maximum Gasteiger partial charge on any atom is 0.416 e. The molecule has 3 rings (SSSR count). The molecular formula is C23H20F6N2O2S. The maximum atomic E-state index is 13.2. The minimum atomic E-state index is -5.19. The Bertz CT molecular complexity index is 1170. The van der Waals surface area contributed by atoms with Crippen molar-refractivity contribution in [1.82, 2.24) is 4.72 Å². The Kier molecular flexibility index (Phi) is 6.84. The Hall–Kier alpha value is -2.89. The molecule has 0 radical (unpaired) electrons. The summed E-state index contributed by atoms with van der Waals surface area (Å²) in [6, 6.07) is 15.7. The predicted octanol–water partition coefficient (Wildman–Crippen LogP) is 5.29. The van der Waals surface area contributed by atoms with Crippen LogP contribution in [0.15, 0.2) is 83.8 Å². The molecule has 182 valence electrons. The normalized spacial score (nSPS) is 14.1. The van der Waals surface area contributed by atoms with E-state index in [0.29, 0.717) is 11.1 Å². The first-order valence-corrected chi connectivity index (χ1v) is 11.4. The fraction of sp³-hybridized carbons (Fsp3) is 0.217. The van der Waals surface area contributed by atoms with Crippen LogP contribution in [0.5, 0.6) is 0 Å². The summed E-state index contributed by atoms with van der Waals surface area (Å²) >= 11 is 0. The fourth-order valence-corrected chi connectivity index (χ4v) is 4.92. The van der Waals surface area contributed by atoms with Gasteiger partial charge < -0.3 is 5.73 Å². The van der Waals surface area contributed by atoms with Crippen LogP contribution in [0.1, 0.15) is 29.2 Å². The molecule has 0 aliphatic carbocycles. The number of hydrogen-bond acceptors (Lipinski definition) is 3. The Morgan fingerprint density at radius 2 is 1.09 bits per heavy atom. The van der Waals surface area contributed by atoms with E-state index in [2.05, 4.69) is 4.72 Å². The van der Waals surface area contributed by atoms with Gasteiger partial charge in [0.1, 0.15) is 0 Å². The molecule has 0 amide bonds. The zero-order valence-corrected chi connectivity index (χ0v) is 18.5. The average Bonchev–Trinajstić information content (AvgIpc) is 2.78. The number of rotatable bonds is 6. The van der Waals surface area contributed by atoms with Gasteiger partial charge in [0.25, 0.3) is 0 Å². The van der Waals surface area contributed by atoms with Gasteiger partial charge in [-0.3, -0.25) is 0 Å². The van der Waals surface area contributed by atoms with E-state index in [1.165, 1.54) is 6.92 Å². The molecule has 3 N–H and O–H groups in total. The monoisotopic (exact) mass is 502 g/mol. The molecule has 0 aromatic heterocycles. The molecule has 0 aliphatic heterocycles. The molecule has 11 heteroatoms. The van der Waals surface area contributed by atoms with Crippen molar-refractivity contribution in [1.29, 1.82) is 0 Å². The van der Waals surface area contributed by atoms with Gasteiger partial charge in [0, 0.05) is 6.04 Å². The van der Waals surface area contributed by atoms with E-state index < -0.39 is 50.0 Å². The first-order valence-electron chi connectivity index (χ1n) is 9.87. The van der Waals surface area contributed by atoms with Gasteiger partial charge in [-0.2, -0.15) is 26.3 Å². The SMILES string of the molecule is CC(NS(=O)(=O)c1cc(C(F)(F)F)cc(C(F)(F)F)c1)C(N)(c1ccccc1)c1ccccc1. The van der Waals surface area contributed by atoms with Crippen molar-refractivity contribution in [2.45, 2.75) is 35.8 Å². The highest BCUT2D eigenvalue weighted by molar-refractivity contribution is 7.89. The third kappa shape index (κ3) is 5.26. The molecular weight excluding hydrogens is 482 g/mol. The number of alkyl halides is 6. The number of halogens is 6. The Balaban J connectivity index is 2.10. The van der Waals surface area contributed by atoms with E-state index in [-0.39, 0.29) is 18.2 Å². The molecule has 0 saturated carbocycles. The van der Waals surface area contributed by atoms with Crippen molar-refractivity contribution in [3.05, 3.63) is 101 Å². The van der Waals surface area contributed by atoms with Crippen LogP contribution in [0.25, 0.3) is 0 Å². The lowest BCUT2D eigenvalue weighted by molar-refractivity contribution is -0.143. The molecule has 0 saturated heterocycles. The van der Waals surface area contributed by atoms with Crippen molar-refractivity contribution >= 4 is 10.0 Å². The molecule has 0 bridgehead atoms. The topological polar surface area (TPSA) is 72.2 Å². The summed E-state index contributed by atoms with van der Waals surface area (Å²) in [7, 11) is -4.85. The molecule has 0 aliphatic rings. The minimum absolute atomic E-state index is 0.135. The summed E-state index contributed by atoms with van der Waals surface area (Å²) in [6.45, 7) is 1.38. The number of sulfonamides is 1. The van der Waals surface area contributed by atoms with Gasteiger partial charge in [0.15, 0.2) is 0 Å². The summed E-state index contributed by atoms with van der Waals surface area (Å²) in [4.78, 5) is -1.18. The summed E-state index contributed by atoms with van der Waals surface area (Å²) in [5.41, 5.74) is 2.68. The van der Waals surface area contributed by atoms with E-state index in [9.17, 15) is 34.8 Å². The molecule has 0 fully saturated rings. The van der Waals surface area contributed by atoms with Crippen LogP contribution in [0.2, 0.25) is 0 Å². The van der Waals surface area contributed by atoms with Gasteiger partial charge in [-0.15, -0.1) is 0 Å². The second kappa shape index (κ2) is 9.05. The fourth-order valence-electron chi connectivity index (χ4n) is 3.57. The largest absolute Gasteiger partial charge is 0.416 e. The van der Waals surface area contributed by atoms with Gasteiger partial charge in [0.2, 0.25) is 10.0 Å². The number of nitrogens with one attached hydrogen (secondary N) is 1. The Morgan fingerprint density at radius 3 is 1.44 bits per heavy atom. The first kappa shape index (κ1) is 25.7. The van der Waals surface area contributed by atoms with E-state index in [1.54, 1.807) is 60.7 Å². The van der Waals surface area contributed by atoms with Crippen LogP contribution in [0.4, 0.5) is 26.3 Å². The van der Waals surface area contributed by atoms with Crippen LogP contribution < -0.4 is 10.5 Å². The molecule has 3 aromatic rings. The number of benzene rings is 3. The molecule has 34 heavy (non-hydrogen) atoms. The maximum absolute atomic E-state index is 13.2. The second-order valence-corrected chi connectivity index (χ2v) is 9.40. The van der Waals surface area contributed by atoms with Gasteiger partial charge in [-0.1, -0.05) is 60.7 Å². The van der Waals surface area contributed by atoms with Crippen molar-refractivity contribution < 1.29 is 34.8 Å². The second-order valence-electron chi connectivity index (χ2n) is 7.69. The van der Waals surface area contributed by atoms with E-state index in [1.807, 2.05) is 0 Å². The number of nitrogens with two attached hydrogens (primary N) is 1. The third-order valence-corrected chi connectivity index (χ3v) is 6.91. The van der Waals surface area contributed by atoms with Gasteiger partial charge >= 0.3 is 12.4 Å². The number of hydrogen-bond donors (Lipinski definition) is 2. The van der Waals surface area contributed by atoms with Crippen LogP contribution in [0.3, 0.4) is 0 Å². The highest BCUT2D eigenvalue weighted by atomic mass is 32.2. The van der Waals surface area contributed by atoms with E-state index in [0.717, 1.165) is 0 Å². The zero-order chi connectivity index (χ0) is 25.4. The Morgan fingerprint density at radius 1 is 0.706 bits per heavy atom. The van der Waals surface area contributed by atoms with Gasteiger partial charge in [0.05, 0.1) is 21.6 Å². The molecule has 1 atom stereocenters.